The maximum Gasteiger partial charge on any atom is 0.236 e. The van der Waals surface area contributed by atoms with E-state index in [1.165, 1.54) is 4.90 Å². The van der Waals surface area contributed by atoms with Crippen molar-refractivity contribution in [2.45, 2.75) is 52.5 Å². The molecule has 1 saturated heterocycles. The number of carbonyl (C=O) groups is 2. The van der Waals surface area contributed by atoms with Crippen LogP contribution in [0.5, 0.6) is 0 Å². The van der Waals surface area contributed by atoms with Gasteiger partial charge < -0.3 is 0 Å². The molecule has 5 heteroatoms. The summed E-state index contributed by atoms with van der Waals surface area (Å²) in [7, 11) is 0. The molecule has 0 unspecified atom stereocenters. The normalized spacial score (nSPS) is 21.9. The van der Waals surface area contributed by atoms with Gasteiger partial charge in [-0.05, 0) is 26.7 Å². The number of aryl methyl sites for hydroxylation is 2. The largest absolute Gasteiger partial charge is 0.277 e. The van der Waals surface area contributed by atoms with Gasteiger partial charge in [0.15, 0.2) is 0 Å². The molecule has 0 atom stereocenters. The molecule has 2 fully saturated rings. The van der Waals surface area contributed by atoms with E-state index >= 15 is 0 Å². The van der Waals surface area contributed by atoms with Crippen molar-refractivity contribution in [3.8, 4) is 0 Å². The maximum absolute atomic E-state index is 12.6. The number of hydrogen-bond acceptors (Lipinski definition) is 4. The van der Waals surface area contributed by atoms with Gasteiger partial charge in [0.05, 0.1) is 22.7 Å². The van der Waals surface area contributed by atoms with Gasteiger partial charge >= 0.3 is 0 Å². The minimum Gasteiger partial charge on any atom is -0.277 e. The SMILES string of the molecule is Cc1nc(C)c(CN2C(=O)CC3(CCCC3)C2=O)s1. The van der Waals surface area contributed by atoms with Gasteiger partial charge in [0.25, 0.3) is 0 Å². The smallest absolute Gasteiger partial charge is 0.236 e. The Morgan fingerprint density at radius 3 is 2.53 bits per heavy atom. The van der Waals surface area contributed by atoms with E-state index in [1.54, 1.807) is 11.3 Å². The van der Waals surface area contributed by atoms with Crippen molar-refractivity contribution in [2.75, 3.05) is 0 Å². The molecule has 2 aliphatic rings. The van der Waals surface area contributed by atoms with Crippen LogP contribution in [0.3, 0.4) is 0 Å². The number of carbonyl (C=O) groups excluding carboxylic acids is 2. The second-order valence-corrected chi connectivity index (χ2v) is 6.98. The predicted molar refractivity (Wildman–Crippen MR) is 72.7 cm³/mol. The van der Waals surface area contributed by atoms with Crippen LogP contribution in [0.15, 0.2) is 0 Å². The Morgan fingerprint density at radius 2 is 1.95 bits per heavy atom. The van der Waals surface area contributed by atoms with Crippen molar-refractivity contribution in [1.82, 2.24) is 9.88 Å². The lowest BCUT2D eigenvalue weighted by Gasteiger charge is -2.20. The van der Waals surface area contributed by atoms with E-state index in [2.05, 4.69) is 4.98 Å². The summed E-state index contributed by atoms with van der Waals surface area (Å²) in [5.41, 5.74) is 0.584. The lowest BCUT2D eigenvalue weighted by Crippen LogP contribution is -2.33. The second kappa shape index (κ2) is 4.40. The molecule has 2 amide bonds. The van der Waals surface area contributed by atoms with Crippen molar-refractivity contribution in [3.05, 3.63) is 15.6 Å². The average Bonchev–Trinajstić information content (AvgIpc) is 2.98. The summed E-state index contributed by atoms with van der Waals surface area (Å²) < 4.78 is 0. The van der Waals surface area contributed by atoms with Gasteiger partial charge in [0.2, 0.25) is 11.8 Å². The molecule has 0 N–H and O–H groups in total. The molecule has 19 heavy (non-hydrogen) atoms. The first kappa shape index (κ1) is 12.8. The van der Waals surface area contributed by atoms with Crippen LogP contribution in [0.25, 0.3) is 0 Å². The van der Waals surface area contributed by atoms with Crippen LogP contribution in [0.1, 0.15) is 47.7 Å². The fraction of sp³-hybridized carbons (Fsp3) is 0.643. The predicted octanol–water partition coefficient (Wildman–Crippen LogP) is 2.58. The highest BCUT2D eigenvalue weighted by molar-refractivity contribution is 7.11. The molecule has 1 aliphatic heterocycles. The van der Waals surface area contributed by atoms with Gasteiger partial charge in [0.1, 0.15) is 0 Å². The molecule has 1 aromatic heterocycles. The number of thiazole rings is 1. The molecular formula is C14H18N2O2S. The summed E-state index contributed by atoms with van der Waals surface area (Å²) in [4.78, 5) is 31.6. The molecule has 2 heterocycles. The number of hydrogen-bond donors (Lipinski definition) is 0. The summed E-state index contributed by atoms with van der Waals surface area (Å²) in [5.74, 6) is 0.0535. The van der Waals surface area contributed by atoms with Crippen molar-refractivity contribution in [3.63, 3.8) is 0 Å². The minimum atomic E-state index is -0.356. The van der Waals surface area contributed by atoms with Crippen LogP contribution in [-0.2, 0) is 16.1 Å². The van der Waals surface area contributed by atoms with E-state index in [-0.39, 0.29) is 17.2 Å². The van der Waals surface area contributed by atoms with E-state index in [1.807, 2.05) is 13.8 Å². The van der Waals surface area contributed by atoms with Gasteiger partial charge in [-0.3, -0.25) is 14.5 Å². The Hall–Kier alpha value is -1.23. The van der Waals surface area contributed by atoms with Crippen molar-refractivity contribution < 1.29 is 9.59 Å². The Morgan fingerprint density at radius 1 is 1.26 bits per heavy atom. The highest BCUT2D eigenvalue weighted by atomic mass is 32.1. The average molecular weight is 278 g/mol. The number of aromatic nitrogens is 1. The van der Waals surface area contributed by atoms with Gasteiger partial charge in [-0.25, -0.2) is 4.98 Å². The number of rotatable bonds is 2. The van der Waals surface area contributed by atoms with Gasteiger partial charge in [0, 0.05) is 11.3 Å². The quantitative estimate of drug-likeness (QED) is 0.781. The Kier molecular flexibility index (Phi) is 2.96. The highest BCUT2D eigenvalue weighted by Gasteiger charge is 2.52. The summed E-state index contributed by atoms with van der Waals surface area (Å²) in [6, 6.07) is 0. The standard InChI is InChI=1S/C14H18N2O2S/c1-9-11(19-10(2)15-9)8-16-12(17)7-14(13(16)18)5-3-4-6-14/h3-8H2,1-2H3. The van der Waals surface area contributed by atoms with Gasteiger partial charge in [-0.2, -0.15) is 0 Å². The van der Waals surface area contributed by atoms with E-state index in [4.69, 9.17) is 0 Å². The molecule has 3 rings (SSSR count). The lowest BCUT2D eigenvalue weighted by atomic mass is 9.84. The Labute approximate surface area is 116 Å². The summed E-state index contributed by atoms with van der Waals surface area (Å²) in [6.45, 7) is 4.30. The number of amides is 2. The molecule has 0 aromatic carbocycles. The zero-order valence-electron chi connectivity index (χ0n) is 11.4. The number of imide groups is 1. The summed E-state index contributed by atoms with van der Waals surface area (Å²) >= 11 is 1.58. The van der Waals surface area contributed by atoms with E-state index < -0.39 is 0 Å². The zero-order chi connectivity index (χ0) is 13.6. The monoisotopic (exact) mass is 278 g/mol. The van der Waals surface area contributed by atoms with Crippen LogP contribution in [-0.4, -0.2) is 21.7 Å². The summed E-state index contributed by atoms with van der Waals surface area (Å²) in [6.07, 6.45) is 4.34. The molecule has 0 radical (unpaired) electrons. The first-order chi connectivity index (χ1) is 9.02. The third-order valence-corrected chi connectivity index (χ3v) is 5.41. The van der Waals surface area contributed by atoms with Crippen LogP contribution in [0.4, 0.5) is 0 Å². The van der Waals surface area contributed by atoms with Crippen molar-refractivity contribution >= 4 is 23.2 Å². The fourth-order valence-electron chi connectivity index (χ4n) is 3.33. The zero-order valence-corrected chi connectivity index (χ0v) is 12.2. The fourth-order valence-corrected chi connectivity index (χ4v) is 4.25. The highest BCUT2D eigenvalue weighted by Crippen LogP contribution is 2.47. The number of likely N-dealkylation sites (tertiary alicyclic amines) is 1. The van der Waals surface area contributed by atoms with E-state index in [0.29, 0.717) is 13.0 Å². The molecule has 4 nitrogen and oxygen atoms in total. The minimum absolute atomic E-state index is 0.00245. The molecule has 1 aromatic rings. The van der Waals surface area contributed by atoms with Crippen LogP contribution in [0, 0.1) is 19.3 Å². The number of nitrogens with zero attached hydrogens (tertiary/aromatic N) is 2. The maximum atomic E-state index is 12.6. The first-order valence-corrected chi connectivity index (χ1v) is 7.61. The van der Waals surface area contributed by atoms with Crippen molar-refractivity contribution in [2.24, 2.45) is 5.41 Å². The molecule has 1 spiro atoms. The topological polar surface area (TPSA) is 50.3 Å². The summed E-state index contributed by atoms with van der Waals surface area (Å²) in [5, 5.41) is 0.988. The Bertz CT molecular complexity index is 544. The second-order valence-electron chi connectivity index (χ2n) is 5.69. The van der Waals surface area contributed by atoms with E-state index in [9.17, 15) is 9.59 Å². The van der Waals surface area contributed by atoms with Crippen LogP contribution >= 0.6 is 11.3 Å². The molecule has 1 saturated carbocycles. The first-order valence-electron chi connectivity index (χ1n) is 6.79. The van der Waals surface area contributed by atoms with Crippen LogP contribution < -0.4 is 0 Å². The Balaban J connectivity index is 1.83. The third-order valence-electron chi connectivity index (χ3n) is 4.35. The van der Waals surface area contributed by atoms with Crippen LogP contribution in [0.2, 0.25) is 0 Å². The van der Waals surface area contributed by atoms with Crippen molar-refractivity contribution in [1.29, 1.82) is 0 Å². The van der Waals surface area contributed by atoms with Gasteiger partial charge in [-0.1, -0.05) is 12.8 Å². The van der Waals surface area contributed by atoms with Gasteiger partial charge in [-0.15, -0.1) is 11.3 Å². The lowest BCUT2D eigenvalue weighted by molar-refractivity contribution is -0.142. The molecule has 102 valence electrons. The molecular weight excluding hydrogens is 260 g/mol. The van der Waals surface area contributed by atoms with E-state index in [0.717, 1.165) is 41.3 Å². The third kappa shape index (κ3) is 2.00. The molecule has 0 bridgehead atoms. The molecule has 1 aliphatic carbocycles.